The van der Waals surface area contributed by atoms with Crippen LogP contribution in [0.3, 0.4) is 0 Å². The number of likely N-dealkylation sites (N-methyl/N-ethyl adjacent to an activating group) is 1. The molecule has 0 aliphatic rings. The number of anilines is 1. The second-order valence-corrected chi connectivity index (χ2v) is 7.00. The van der Waals surface area contributed by atoms with Crippen LogP contribution < -0.4 is 10.5 Å². The Morgan fingerprint density at radius 3 is 2.69 bits per heavy atom. The molecule has 0 atom stereocenters. The Hall–Kier alpha value is -2.93. The number of fused-ring (bicyclic) bond motifs is 3. The van der Waals surface area contributed by atoms with E-state index in [1.807, 2.05) is 59.2 Å². The molecular weight excluding hydrogens is 348 g/mol. The molecule has 0 unspecified atom stereocenters. The van der Waals surface area contributed by atoms with Gasteiger partial charge in [-0.25, -0.2) is 4.68 Å². The number of benzene rings is 1. The highest BCUT2D eigenvalue weighted by Crippen LogP contribution is 2.24. The smallest absolute Gasteiger partial charge is 0.291 e. The summed E-state index contributed by atoms with van der Waals surface area (Å²) in [6.45, 7) is 1.90. The topological polar surface area (TPSA) is 59.6 Å². The monoisotopic (exact) mass is 366 g/mol. The highest BCUT2D eigenvalue weighted by Gasteiger charge is 2.18. The van der Waals surface area contributed by atoms with E-state index in [0.29, 0.717) is 11.9 Å². The molecule has 0 N–H and O–H groups in total. The van der Waals surface area contributed by atoms with Gasteiger partial charge in [-0.05, 0) is 29.6 Å². The van der Waals surface area contributed by atoms with Gasteiger partial charge in [0, 0.05) is 19.2 Å². The molecule has 3 aromatic heterocycles. The Balaban J connectivity index is 1.76. The van der Waals surface area contributed by atoms with E-state index < -0.39 is 0 Å². The number of carbonyl (C=O) groups excluding carboxylic acids is 1. The first kappa shape index (κ1) is 16.5. The lowest BCUT2D eigenvalue weighted by atomic mass is 10.3. The van der Waals surface area contributed by atoms with E-state index in [-0.39, 0.29) is 18.0 Å². The van der Waals surface area contributed by atoms with Crippen molar-refractivity contribution in [1.29, 1.82) is 0 Å². The van der Waals surface area contributed by atoms with Crippen molar-refractivity contribution >= 4 is 38.7 Å². The van der Waals surface area contributed by atoms with Gasteiger partial charge in [-0.1, -0.05) is 25.1 Å². The predicted octanol–water partition coefficient (Wildman–Crippen LogP) is 2.94. The maximum atomic E-state index is 12.9. The molecule has 0 saturated heterocycles. The minimum Gasteiger partial charge on any atom is -0.314 e. The molecule has 7 heteroatoms. The van der Waals surface area contributed by atoms with E-state index in [1.165, 1.54) is 4.68 Å². The van der Waals surface area contributed by atoms with Crippen LogP contribution in [-0.4, -0.2) is 27.1 Å². The van der Waals surface area contributed by atoms with Gasteiger partial charge in [0.2, 0.25) is 5.91 Å². The van der Waals surface area contributed by atoms with Crippen molar-refractivity contribution in [3.8, 4) is 0 Å². The second-order valence-electron chi connectivity index (χ2n) is 6.06. The number of hydrogen-bond acceptors (Lipinski definition) is 4. The normalized spacial score (nSPS) is 11.3. The number of carbonyl (C=O) groups is 1. The predicted molar refractivity (Wildman–Crippen MR) is 104 cm³/mol. The van der Waals surface area contributed by atoms with Crippen LogP contribution in [0.25, 0.3) is 15.7 Å². The van der Waals surface area contributed by atoms with Crippen molar-refractivity contribution in [2.45, 2.75) is 19.9 Å². The van der Waals surface area contributed by atoms with Crippen LogP contribution in [0.1, 0.15) is 12.7 Å². The van der Waals surface area contributed by atoms with E-state index >= 15 is 0 Å². The summed E-state index contributed by atoms with van der Waals surface area (Å²) in [6, 6.07) is 13.2. The van der Waals surface area contributed by atoms with Crippen LogP contribution in [0.2, 0.25) is 0 Å². The number of hydrogen-bond donors (Lipinski definition) is 0. The molecule has 0 aliphatic heterocycles. The van der Waals surface area contributed by atoms with Crippen molar-refractivity contribution in [3.63, 3.8) is 0 Å². The number of nitrogens with zero attached hydrogens (tertiary/aromatic N) is 4. The van der Waals surface area contributed by atoms with E-state index in [0.717, 1.165) is 21.7 Å². The molecule has 4 aromatic rings. The third-order valence-corrected chi connectivity index (χ3v) is 5.34. The van der Waals surface area contributed by atoms with Gasteiger partial charge in [-0.3, -0.25) is 14.0 Å². The summed E-state index contributed by atoms with van der Waals surface area (Å²) >= 11 is 1.59. The third kappa shape index (κ3) is 2.61. The second kappa shape index (κ2) is 6.42. The summed E-state index contributed by atoms with van der Waals surface area (Å²) in [7, 11) is 1.70. The SMILES string of the molecule is CCc1nn(CC(=O)N(C)c2ccccc2)c(=O)c2cc3sccc3n12. The molecule has 1 amide bonds. The number of rotatable bonds is 4. The zero-order chi connectivity index (χ0) is 18.3. The number of thiophene rings is 1. The number of amides is 1. The molecular formula is C19H18N4O2S. The minimum absolute atomic E-state index is 0.0907. The van der Waals surface area contributed by atoms with Gasteiger partial charge in [0.25, 0.3) is 5.56 Å². The Labute approximate surface area is 153 Å². The van der Waals surface area contributed by atoms with Crippen molar-refractivity contribution in [1.82, 2.24) is 14.2 Å². The highest BCUT2D eigenvalue weighted by molar-refractivity contribution is 7.17. The number of aryl methyl sites for hydroxylation is 1. The minimum atomic E-state index is -0.250. The molecule has 0 saturated carbocycles. The fourth-order valence-corrected chi connectivity index (χ4v) is 3.89. The van der Waals surface area contributed by atoms with Crippen LogP contribution in [0.4, 0.5) is 5.69 Å². The van der Waals surface area contributed by atoms with Crippen LogP contribution in [0, 0.1) is 0 Å². The molecule has 0 spiro atoms. The molecule has 0 radical (unpaired) electrons. The Bertz CT molecular complexity index is 1160. The zero-order valence-electron chi connectivity index (χ0n) is 14.5. The molecule has 3 heterocycles. The van der Waals surface area contributed by atoms with Gasteiger partial charge in [0.1, 0.15) is 17.9 Å². The van der Waals surface area contributed by atoms with Gasteiger partial charge in [0.05, 0.1) is 10.2 Å². The van der Waals surface area contributed by atoms with Crippen molar-refractivity contribution < 1.29 is 4.79 Å². The lowest BCUT2D eigenvalue weighted by Crippen LogP contribution is -2.36. The quantitative estimate of drug-likeness (QED) is 0.558. The van der Waals surface area contributed by atoms with E-state index in [4.69, 9.17) is 0 Å². The molecule has 1 aromatic carbocycles. The van der Waals surface area contributed by atoms with Crippen molar-refractivity contribution in [2.75, 3.05) is 11.9 Å². The van der Waals surface area contributed by atoms with E-state index in [9.17, 15) is 9.59 Å². The van der Waals surface area contributed by atoms with E-state index in [1.54, 1.807) is 23.3 Å². The van der Waals surface area contributed by atoms with Crippen molar-refractivity contribution in [2.24, 2.45) is 0 Å². The standard InChI is InChI=1S/C19H18N4O2S/c1-3-17-20-22(12-18(24)21(2)13-7-5-4-6-8-13)19(25)15-11-16-14(23(15)17)9-10-26-16/h4-11H,3,12H2,1-2H3. The summed E-state index contributed by atoms with van der Waals surface area (Å²) in [5.41, 5.74) is 2.09. The maximum absolute atomic E-state index is 12.9. The molecule has 0 aliphatic carbocycles. The van der Waals surface area contributed by atoms with Gasteiger partial charge in [0.15, 0.2) is 0 Å². The van der Waals surface area contributed by atoms with Gasteiger partial charge < -0.3 is 4.90 Å². The average Bonchev–Trinajstić information content (AvgIpc) is 3.25. The van der Waals surface area contributed by atoms with Gasteiger partial charge in [-0.2, -0.15) is 5.10 Å². The lowest BCUT2D eigenvalue weighted by molar-refractivity contribution is -0.119. The maximum Gasteiger partial charge on any atom is 0.291 e. The van der Waals surface area contributed by atoms with Crippen LogP contribution in [-0.2, 0) is 17.8 Å². The average molecular weight is 366 g/mol. The summed E-state index contributed by atoms with van der Waals surface area (Å²) in [5.74, 6) is 0.578. The molecule has 132 valence electrons. The summed E-state index contributed by atoms with van der Waals surface area (Å²) in [6.07, 6.45) is 0.666. The summed E-state index contributed by atoms with van der Waals surface area (Å²) in [5, 5.41) is 6.46. The molecule has 6 nitrogen and oxygen atoms in total. The fraction of sp³-hybridized carbons (Fsp3) is 0.211. The first-order valence-corrected chi connectivity index (χ1v) is 9.28. The summed E-state index contributed by atoms with van der Waals surface area (Å²) in [4.78, 5) is 27.1. The van der Waals surface area contributed by atoms with Crippen LogP contribution in [0.15, 0.2) is 52.6 Å². The van der Waals surface area contributed by atoms with Crippen LogP contribution in [0.5, 0.6) is 0 Å². The third-order valence-electron chi connectivity index (χ3n) is 4.49. The molecule has 0 bridgehead atoms. The molecule has 26 heavy (non-hydrogen) atoms. The van der Waals surface area contributed by atoms with E-state index in [2.05, 4.69) is 5.10 Å². The largest absolute Gasteiger partial charge is 0.314 e. The Morgan fingerprint density at radius 1 is 1.19 bits per heavy atom. The fourth-order valence-electron chi connectivity index (χ4n) is 3.09. The zero-order valence-corrected chi connectivity index (χ0v) is 15.4. The molecule has 4 rings (SSSR count). The van der Waals surface area contributed by atoms with Gasteiger partial charge in [-0.15, -0.1) is 11.3 Å². The van der Waals surface area contributed by atoms with Crippen LogP contribution >= 0.6 is 11.3 Å². The van der Waals surface area contributed by atoms with Crippen molar-refractivity contribution in [3.05, 3.63) is 64.0 Å². The highest BCUT2D eigenvalue weighted by atomic mass is 32.1. The number of para-hydroxylation sites is 1. The van der Waals surface area contributed by atoms with Gasteiger partial charge >= 0.3 is 0 Å². The Morgan fingerprint density at radius 2 is 1.96 bits per heavy atom. The number of aromatic nitrogens is 3. The first-order valence-electron chi connectivity index (χ1n) is 8.40. The lowest BCUT2D eigenvalue weighted by Gasteiger charge is -2.18. The Kier molecular flexibility index (Phi) is 4.08. The molecule has 0 fully saturated rings. The summed E-state index contributed by atoms with van der Waals surface area (Å²) < 4.78 is 4.22. The first-order chi connectivity index (χ1) is 12.6.